The topological polar surface area (TPSA) is 70.6 Å². The fraction of sp³-hybridized carbons (Fsp3) is 0.938. The molecule has 2 amide bonds. The van der Waals surface area contributed by atoms with Gasteiger partial charge in [0.1, 0.15) is 0 Å². The Morgan fingerprint density at radius 3 is 2.62 bits per heavy atom. The maximum absolute atomic E-state index is 12.2. The van der Waals surface area contributed by atoms with Crippen LogP contribution in [-0.2, 0) is 4.74 Å². The molecule has 2 rings (SSSR count). The number of amides is 2. The van der Waals surface area contributed by atoms with Crippen LogP contribution in [0.25, 0.3) is 0 Å². The average molecular weight is 298 g/mol. The molecule has 0 heterocycles. The van der Waals surface area contributed by atoms with Gasteiger partial charge in [-0.1, -0.05) is 19.8 Å². The zero-order valence-electron chi connectivity index (χ0n) is 13.6. The third kappa shape index (κ3) is 3.19. The van der Waals surface area contributed by atoms with Gasteiger partial charge in [0.05, 0.1) is 18.2 Å². The van der Waals surface area contributed by atoms with Gasteiger partial charge in [-0.05, 0) is 39.5 Å². The Hall–Kier alpha value is -0.810. The van der Waals surface area contributed by atoms with E-state index < -0.39 is 5.54 Å². The second-order valence-electron chi connectivity index (χ2n) is 6.89. The van der Waals surface area contributed by atoms with Crippen LogP contribution in [0.4, 0.5) is 4.79 Å². The largest absolute Gasteiger partial charge is 0.394 e. The van der Waals surface area contributed by atoms with E-state index in [0.717, 1.165) is 38.7 Å². The van der Waals surface area contributed by atoms with Crippen LogP contribution in [0.2, 0.25) is 0 Å². The molecule has 2 aliphatic carbocycles. The zero-order valence-corrected chi connectivity index (χ0v) is 13.6. The fourth-order valence-electron chi connectivity index (χ4n) is 3.84. The Balaban J connectivity index is 1.86. The van der Waals surface area contributed by atoms with E-state index in [-0.39, 0.29) is 24.1 Å². The molecule has 2 aliphatic rings. The molecule has 5 heteroatoms. The Kier molecular flexibility index (Phi) is 5.15. The molecular weight excluding hydrogens is 268 g/mol. The van der Waals surface area contributed by atoms with Crippen LogP contribution in [0.1, 0.15) is 59.3 Å². The van der Waals surface area contributed by atoms with Crippen LogP contribution in [0.15, 0.2) is 0 Å². The molecule has 0 bridgehead atoms. The number of rotatable bonds is 7. The number of carbonyl (C=O) groups is 1. The molecule has 0 saturated heterocycles. The lowest BCUT2D eigenvalue weighted by Gasteiger charge is -2.61. The summed E-state index contributed by atoms with van der Waals surface area (Å²) in [5.41, 5.74) is -0.359. The number of hydrogen-bond acceptors (Lipinski definition) is 3. The molecule has 0 radical (unpaired) electrons. The second-order valence-corrected chi connectivity index (χ2v) is 6.89. The number of ether oxygens (including phenoxy) is 1. The molecule has 1 spiro atoms. The SMILES string of the molecule is CCCC(C)(CO)NC(=O)NC1CC(OCC)C12CCC2. The molecule has 21 heavy (non-hydrogen) atoms. The number of aliphatic hydroxyl groups is 1. The van der Waals surface area contributed by atoms with Gasteiger partial charge >= 0.3 is 6.03 Å². The van der Waals surface area contributed by atoms with Crippen LogP contribution in [0.3, 0.4) is 0 Å². The minimum atomic E-state index is -0.533. The van der Waals surface area contributed by atoms with Crippen LogP contribution < -0.4 is 10.6 Å². The van der Waals surface area contributed by atoms with E-state index in [9.17, 15) is 9.90 Å². The molecular formula is C16H30N2O3. The third-order valence-corrected chi connectivity index (χ3v) is 5.31. The average Bonchev–Trinajstić information content (AvgIpc) is 2.35. The highest BCUT2D eigenvalue weighted by atomic mass is 16.5. The van der Waals surface area contributed by atoms with E-state index >= 15 is 0 Å². The van der Waals surface area contributed by atoms with Gasteiger partial charge in [-0.15, -0.1) is 0 Å². The van der Waals surface area contributed by atoms with Crippen molar-refractivity contribution in [1.82, 2.24) is 10.6 Å². The number of nitrogens with one attached hydrogen (secondary N) is 2. The molecule has 0 aliphatic heterocycles. The molecule has 122 valence electrons. The summed E-state index contributed by atoms with van der Waals surface area (Å²) in [6.45, 7) is 6.67. The Morgan fingerprint density at radius 2 is 2.14 bits per heavy atom. The first-order chi connectivity index (χ1) is 9.99. The lowest BCUT2D eigenvalue weighted by molar-refractivity contribution is -0.169. The quantitative estimate of drug-likeness (QED) is 0.674. The standard InChI is InChI=1S/C16H30N2O3/c1-4-7-15(3,11-19)18-14(20)17-12-10-13(21-5-2)16(12)8-6-9-16/h12-13,19H,4-11H2,1-3H3,(H2,17,18,20). The first kappa shape index (κ1) is 16.6. The van der Waals surface area contributed by atoms with Crippen molar-refractivity contribution in [1.29, 1.82) is 0 Å². The Labute approximate surface area is 127 Å². The van der Waals surface area contributed by atoms with Gasteiger partial charge in [0.15, 0.2) is 0 Å². The van der Waals surface area contributed by atoms with Crippen molar-refractivity contribution in [2.75, 3.05) is 13.2 Å². The van der Waals surface area contributed by atoms with Crippen LogP contribution in [-0.4, -0.2) is 42.0 Å². The Bertz CT molecular complexity index is 371. The maximum Gasteiger partial charge on any atom is 0.315 e. The van der Waals surface area contributed by atoms with E-state index in [0.29, 0.717) is 6.10 Å². The lowest BCUT2D eigenvalue weighted by Crippen LogP contribution is -2.69. The summed E-state index contributed by atoms with van der Waals surface area (Å²) in [5, 5.41) is 15.5. The summed E-state index contributed by atoms with van der Waals surface area (Å²) >= 11 is 0. The molecule has 2 fully saturated rings. The highest BCUT2D eigenvalue weighted by Crippen LogP contribution is 2.57. The normalized spacial score (nSPS) is 29.1. The van der Waals surface area contributed by atoms with Gasteiger partial charge in [-0.3, -0.25) is 0 Å². The van der Waals surface area contributed by atoms with Gasteiger partial charge in [-0.2, -0.15) is 0 Å². The predicted molar refractivity (Wildman–Crippen MR) is 82.2 cm³/mol. The molecule has 5 nitrogen and oxygen atoms in total. The van der Waals surface area contributed by atoms with E-state index in [1.54, 1.807) is 0 Å². The molecule has 0 aromatic carbocycles. The van der Waals surface area contributed by atoms with Crippen molar-refractivity contribution in [3.8, 4) is 0 Å². The summed E-state index contributed by atoms with van der Waals surface area (Å²) < 4.78 is 5.80. The van der Waals surface area contributed by atoms with Crippen molar-refractivity contribution in [2.24, 2.45) is 5.41 Å². The highest BCUT2D eigenvalue weighted by Gasteiger charge is 2.59. The molecule has 2 saturated carbocycles. The van der Waals surface area contributed by atoms with Crippen molar-refractivity contribution >= 4 is 6.03 Å². The van der Waals surface area contributed by atoms with Crippen molar-refractivity contribution in [2.45, 2.75) is 77.0 Å². The Morgan fingerprint density at radius 1 is 1.43 bits per heavy atom. The minimum Gasteiger partial charge on any atom is -0.394 e. The number of urea groups is 1. The molecule has 0 aromatic rings. The van der Waals surface area contributed by atoms with E-state index in [1.807, 2.05) is 13.8 Å². The van der Waals surface area contributed by atoms with Crippen LogP contribution in [0.5, 0.6) is 0 Å². The monoisotopic (exact) mass is 298 g/mol. The summed E-state index contributed by atoms with van der Waals surface area (Å²) in [6.07, 6.45) is 6.44. The van der Waals surface area contributed by atoms with Gasteiger partial charge in [0.25, 0.3) is 0 Å². The van der Waals surface area contributed by atoms with Crippen LogP contribution in [0, 0.1) is 5.41 Å². The summed E-state index contributed by atoms with van der Waals surface area (Å²) in [6, 6.07) is 0.0543. The van der Waals surface area contributed by atoms with E-state index in [1.165, 1.54) is 6.42 Å². The van der Waals surface area contributed by atoms with Crippen molar-refractivity contribution in [3.63, 3.8) is 0 Å². The third-order valence-electron chi connectivity index (χ3n) is 5.31. The highest BCUT2D eigenvalue weighted by molar-refractivity contribution is 5.75. The van der Waals surface area contributed by atoms with Gasteiger partial charge < -0.3 is 20.5 Å². The molecule has 3 atom stereocenters. The lowest BCUT2D eigenvalue weighted by atomic mass is 9.51. The smallest absolute Gasteiger partial charge is 0.315 e. The van der Waals surface area contributed by atoms with Crippen LogP contribution >= 0.6 is 0 Å². The minimum absolute atomic E-state index is 0.0361. The summed E-state index contributed by atoms with van der Waals surface area (Å²) in [5.74, 6) is 0. The van der Waals surface area contributed by atoms with Crippen molar-refractivity contribution in [3.05, 3.63) is 0 Å². The fourth-order valence-corrected chi connectivity index (χ4v) is 3.84. The zero-order chi connectivity index (χ0) is 15.5. The summed E-state index contributed by atoms with van der Waals surface area (Å²) in [7, 11) is 0. The first-order valence-electron chi connectivity index (χ1n) is 8.31. The van der Waals surface area contributed by atoms with Gasteiger partial charge in [-0.25, -0.2) is 4.79 Å². The second kappa shape index (κ2) is 6.53. The first-order valence-corrected chi connectivity index (χ1v) is 8.31. The number of carbonyl (C=O) groups excluding carboxylic acids is 1. The van der Waals surface area contributed by atoms with Crippen molar-refractivity contribution < 1.29 is 14.6 Å². The summed E-state index contributed by atoms with van der Waals surface area (Å²) in [4.78, 5) is 12.2. The number of aliphatic hydroxyl groups excluding tert-OH is 1. The predicted octanol–water partition coefficient (Wildman–Crippen LogP) is 2.18. The van der Waals surface area contributed by atoms with Gasteiger partial charge in [0, 0.05) is 18.1 Å². The molecule has 0 aromatic heterocycles. The molecule has 3 N–H and O–H groups in total. The molecule has 3 unspecified atom stereocenters. The van der Waals surface area contributed by atoms with E-state index in [4.69, 9.17) is 4.74 Å². The number of hydrogen-bond donors (Lipinski definition) is 3. The van der Waals surface area contributed by atoms with Gasteiger partial charge in [0.2, 0.25) is 0 Å². The van der Waals surface area contributed by atoms with E-state index in [2.05, 4.69) is 17.6 Å². The maximum atomic E-state index is 12.2.